The van der Waals surface area contributed by atoms with E-state index in [1.54, 1.807) is 29.2 Å². The topological polar surface area (TPSA) is 66.6 Å². The van der Waals surface area contributed by atoms with Gasteiger partial charge in [-0.1, -0.05) is 18.2 Å². The second-order valence-corrected chi connectivity index (χ2v) is 6.52. The predicted molar refractivity (Wildman–Crippen MR) is 94.9 cm³/mol. The van der Waals surface area contributed by atoms with Crippen molar-refractivity contribution in [2.75, 3.05) is 31.1 Å². The molecule has 1 amide bonds. The highest BCUT2D eigenvalue weighted by Crippen LogP contribution is 2.26. The quantitative estimate of drug-likeness (QED) is 0.705. The first-order valence-electron chi connectivity index (χ1n) is 8.63. The van der Waals surface area contributed by atoms with Gasteiger partial charge in [0.25, 0.3) is 5.91 Å². The SMILES string of the molecule is CC(F)(F)c1nnc2ccc(N3CCN(C(=O)c4ccccc4)CC3)nn12. The fourth-order valence-corrected chi connectivity index (χ4v) is 3.12. The second kappa shape index (κ2) is 6.57. The van der Waals surface area contributed by atoms with Crippen LogP contribution in [0.15, 0.2) is 42.5 Å². The van der Waals surface area contributed by atoms with Gasteiger partial charge in [0.2, 0.25) is 5.82 Å². The van der Waals surface area contributed by atoms with E-state index in [0.717, 1.165) is 11.4 Å². The van der Waals surface area contributed by atoms with Crippen LogP contribution in [-0.2, 0) is 5.92 Å². The molecule has 0 unspecified atom stereocenters. The van der Waals surface area contributed by atoms with Crippen molar-refractivity contribution < 1.29 is 13.6 Å². The molecule has 4 rings (SSSR count). The van der Waals surface area contributed by atoms with E-state index in [-0.39, 0.29) is 11.6 Å². The van der Waals surface area contributed by atoms with Gasteiger partial charge in [-0.15, -0.1) is 15.3 Å². The van der Waals surface area contributed by atoms with Crippen LogP contribution in [0.4, 0.5) is 14.6 Å². The fraction of sp³-hybridized carbons (Fsp3) is 0.333. The highest BCUT2D eigenvalue weighted by atomic mass is 19.3. The summed E-state index contributed by atoms with van der Waals surface area (Å²) < 4.78 is 28.4. The molecule has 0 saturated carbocycles. The molecule has 1 saturated heterocycles. The van der Waals surface area contributed by atoms with Crippen molar-refractivity contribution in [3.63, 3.8) is 0 Å². The average Bonchev–Trinajstić information content (AvgIpc) is 3.12. The van der Waals surface area contributed by atoms with Gasteiger partial charge in [-0.25, -0.2) is 0 Å². The number of amides is 1. The Bertz CT molecular complexity index is 961. The van der Waals surface area contributed by atoms with Crippen LogP contribution < -0.4 is 4.90 Å². The normalized spacial score (nSPS) is 15.4. The van der Waals surface area contributed by atoms with E-state index >= 15 is 0 Å². The van der Waals surface area contributed by atoms with Gasteiger partial charge in [0.05, 0.1) is 0 Å². The summed E-state index contributed by atoms with van der Waals surface area (Å²) in [4.78, 5) is 16.3. The van der Waals surface area contributed by atoms with Gasteiger partial charge in [-0.2, -0.15) is 13.3 Å². The van der Waals surface area contributed by atoms with Crippen molar-refractivity contribution in [3.8, 4) is 0 Å². The number of carbonyl (C=O) groups is 1. The smallest absolute Gasteiger partial charge is 0.305 e. The van der Waals surface area contributed by atoms with Gasteiger partial charge in [-0.3, -0.25) is 4.79 Å². The molecule has 1 fully saturated rings. The number of hydrogen-bond donors (Lipinski definition) is 0. The molecule has 3 aromatic rings. The lowest BCUT2D eigenvalue weighted by Gasteiger charge is -2.35. The van der Waals surface area contributed by atoms with Crippen LogP contribution in [0, 0.1) is 0 Å². The first-order chi connectivity index (χ1) is 12.9. The minimum atomic E-state index is -3.13. The van der Waals surface area contributed by atoms with E-state index < -0.39 is 11.7 Å². The summed E-state index contributed by atoms with van der Waals surface area (Å²) >= 11 is 0. The molecule has 0 spiro atoms. The lowest BCUT2D eigenvalue weighted by atomic mass is 10.2. The first kappa shape index (κ1) is 17.3. The maximum atomic E-state index is 13.7. The standard InChI is InChI=1S/C18H18F2N6O/c1-18(19,20)17-22-21-14-7-8-15(23-26(14)17)24-9-11-25(12-10-24)16(27)13-5-3-2-4-6-13/h2-8H,9-12H2,1H3. The van der Waals surface area contributed by atoms with Crippen LogP contribution >= 0.6 is 0 Å². The fourth-order valence-electron chi connectivity index (χ4n) is 3.12. The summed E-state index contributed by atoms with van der Waals surface area (Å²) in [6.07, 6.45) is 0. The number of nitrogens with zero attached hydrogens (tertiary/aromatic N) is 6. The van der Waals surface area contributed by atoms with E-state index in [1.807, 2.05) is 23.1 Å². The zero-order valence-corrected chi connectivity index (χ0v) is 14.7. The minimum Gasteiger partial charge on any atom is -0.352 e. The number of carbonyl (C=O) groups excluding carboxylic acids is 1. The summed E-state index contributed by atoms with van der Waals surface area (Å²) in [6, 6.07) is 12.5. The summed E-state index contributed by atoms with van der Waals surface area (Å²) in [6.45, 7) is 2.97. The molecule has 0 bridgehead atoms. The van der Waals surface area contributed by atoms with E-state index in [1.165, 1.54) is 0 Å². The van der Waals surface area contributed by atoms with Crippen LogP contribution in [-0.4, -0.2) is 56.8 Å². The van der Waals surface area contributed by atoms with Crippen LogP contribution in [0.1, 0.15) is 23.1 Å². The molecule has 1 aromatic carbocycles. The molecule has 0 radical (unpaired) electrons. The average molecular weight is 372 g/mol. The number of benzene rings is 1. The number of fused-ring (bicyclic) bond motifs is 1. The Hall–Kier alpha value is -3.10. The van der Waals surface area contributed by atoms with Crippen LogP contribution in [0.5, 0.6) is 0 Å². The number of aromatic nitrogens is 4. The van der Waals surface area contributed by atoms with Crippen molar-refractivity contribution in [2.45, 2.75) is 12.8 Å². The van der Waals surface area contributed by atoms with Crippen molar-refractivity contribution >= 4 is 17.4 Å². The van der Waals surface area contributed by atoms with Crippen LogP contribution in [0.25, 0.3) is 5.65 Å². The molecule has 0 atom stereocenters. The third-order valence-corrected chi connectivity index (χ3v) is 4.55. The zero-order chi connectivity index (χ0) is 19.0. The van der Waals surface area contributed by atoms with Crippen molar-refractivity contribution in [1.82, 2.24) is 24.7 Å². The van der Waals surface area contributed by atoms with Crippen LogP contribution in [0.2, 0.25) is 0 Å². The Morgan fingerprint density at radius 1 is 1.00 bits per heavy atom. The maximum absolute atomic E-state index is 13.7. The molecule has 140 valence electrons. The van der Waals surface area contributed by atoms with Crippen molar-refractivity contribution in [1.29, 1.82) is 0 Å². The van der Waals surface area contributed by atoms with Gasteiger partial charge in [-0.05, 0) is 24.3 Å². The Balaban J connectivity index is 1.50. The number of alkyl halides is 2. The minimum absolute atomic E-state index is 0.00891. The molecule has 1 aliphatic heterocycles. The monoisotopic (exact) mass is 372 g/mol. The van der Waals surface area contributed by atoms with E-state index in [0.29, 0.717) is 37.6 Å². The third-order valence-electron chi connectivity index (χ3n) is 4.55. The van der Waals surface area contributed by atoms with Gasteiger partial charge >= 0.3 is 5.92 Å². The summed E-state index contributed by atoms with van der Waals surface area (Å²) in [7, 11) is 0. The lowest BCUT2D eigenvalue weighted by molar-refractivity contribution is 0.00561. The van der Waals surface area contributed by atoms with E-state index in [2.05, 4.69) is 15.3 Å². The molecular formula is C18H18F2N6O. The van der Waals surface area contributed by atoms with Crippen molar-refractivity contribution in [2.24, 2.45) is 0 Å². The zero-order valence-electron chi connectivity index (χ0n) is 14.7. The largest absolute Gasteiger partial charge is 0.352 e. The number of hydrogen-bond acceptors (Lipinski definition) is 5. The molecule has 27 heavy (non-hydrogen) atoms. The Kier molecular flexibility index (Phi) is 4.21. The van der Waals surface area contributed by atoms with Gasteiger partial charge < -0.3 is 9.80 Å². The molecule has 7 nitrogen and oxygen atoms in total. The molecule has 9 heteroatoms. The number of rotatable bonds is 3. The first-order valence-corrected chi connectivity index (χ1v) is 8.63. The number of halogens is 2. The van der Waals surface area contributed by atoms with E-state index in [4.69, 9.17) is 0 Å². The van der Waals surface area contributed by atoms with Crippen molar-refractivity contribution in [3.05, 3.63) is 53.9 Å². The number of piperazine rings is 1. The molecule has 3 heterocycles. The highest BCUT2D eigenvalue weighted by molar-refractivity contribution is 5.94. The number of anilines is 1. The summed E-state index contributed by atoms with van der Waals surface area (Å²) in [5.74, 6) is -3.08. The molecular weight excluding hydrogens is 354 g/mol. The molecule has 0 N–H and O–H groups in total. The Morgan fingerprint density at radius 2 is 1.70 bits per heavy atom. The third kappa shape index (κ3) is 3.32. The van der Waals surface area contributed by atoms with Gasteiger partial charge in [0, 0.05) is 38.7 Å². The predicted octanol–water partition coefficient (Wildman–Crippen LogP) is 2.20. The maximum Gasteiger partial charge on any atom is 0.305 e. The molecule has 0 aliphatic carbocycles. The lowest BCUT2D eigenvalue weighted by Crippen LogP contribution is -2.49. The van der Waals surface area contributed by atoms with Gasteiger partial charge in [0.1, 0.15) is 5.82 Å². The van der Waals surface area contributed by atoms with E-state index in [9.17, 15) is 13.6 Å². The molecule has 1 aliphatic rings. The van der Waals surface area contributed by atoms with Gasteiger partial charge in [0.15, 0.2) is 5.65 Å². The Morgan fingerprint density at radius 3 is 2.37 bits per heavy atom. The summed E-state index contributed by atoms with van der Waals surface area (Å²) in [5.41, 5.74) is 0.929. The Labute approximate surface area is 154 Å². The summed E-state index contributed by atoms with van der Waals surface area (Å²) in [5, 5.41) is 11.6. The van der Waals surface area contributed by atoms with Crippen LogP contribution in [0.3, 0.4) is 0 Å². The second-order valence-electron chi connectivity index (χ2n) is 6.52. The highest BCUT2D eigenvalue weighted by Gasteiger charge is 2.32. The molecule has 2 aromatic heterocycles.